The van der Waals surface area contributed by atoms with E-state index < -0.39 is 59.8 Å². The first-order chi connectivity index (χ1) is 35.1. The zero-order valence-electron chi connectivity index (χ0n) is 45.0. The number of aliphatic hydroxyl groups is 3. The molecule has 0 aliphatic carbocycles. The SMILES string of the molecule is CC/C=C\C/C=C\C/C=C\C/C=C\CCCCCCCCCCCOCC(COC1OC(CO)C(O)C(OS(=O)(=O)O)C1O)OC(=O)CCCCCCCCCC/C=C\C/C=C\C/C=C\CCCCCCC. The van der Waals surface area contributed by atoms with Crippen LogP contribution < -0.4 is 0 Å². The van der Waals surface area contributed by atoms with E-state index >= 15 is 0 Å². The molecule has 1 heterocycles. The van der Waals surface area contributed by atoms with Crippen LogP contribution in [0.25, 0.3) is 0 Å². The summed E-state index contributed by atoms with van der Waals surface area (Å²) in [6.07, 6.45) is 57.5. The Kier molecular flexibility index (Phi) is 46.0. The number of rotatable bonds is 49. The van der Waals surface area contributed by atoms with Gasteiger partial charge in [-0.15, -0.1) is 0 Å². The van der Waals surface area contributed by atoms with Gasteiger partial charge in [0.05, 0.1) is 19.8 Å². The van der Waals surface area contributed by atoms with E-state index in [-0.39, 0.29) is 19.6 Å². The molecule has 4 N–H and O–H groups in total. The number of allylic oxidation sites excluding steroid dienone is 14. The maximum atomic E-state index is 13.0. The molecule has 1 fully saturated rings. The van der Waals surface area contributed by atoms with Gasteiger partial charge >= 0.3 is 16.4 Å². The maximum absolute atomic E-state index is 13.0. The molecule has 0 aromatic rings. The number of esters is 1. The molecule has 0 saturated carbocycles. The van der Waals surface area contributed by atoms with Gasteiger partial charge in [-0.25, -0.2) is 4.18 Å². The van der Waals surface area contributed by atoms with Crippen LogP contribution in [0.2, 0.25) is 0 Å². The Bertz CT molecular complexity index is 1570. The van der Waals surface area contributed by atoms with Gasteiger partial charge < -0.3 is 34.3 Å². The van der Waals surface area contributed by atoms with E-state index in [2.05, 4.69) is 103 Å². The number of hydrogen-bond donors (Lipinski definition) is 4. The van der Waals surface area contributed by atoms with E-state index in [1.54, 1.807) is 0 Å². The molecular weight excluding hydrogens is 933 g/mol. The molecule has 0 spiro atoms. The molecule has 6 unspecified atom stereocenters. The molecular formula is C59H102O12S. The maximum Gasteiger partial charge on any atom is 0.397 e. The van der Waals surface area contributed by atoms with Crippen LogP contribution in [-0.2, 0) is 38.3 Å². The van der Waals surface area contributed by atoms with Crippen molar-refractivity contribution in [2.75, 3.05) is 26.4 Å². The van der Waals surface area contributed by atoms with Gasteiger partial charge in [0.2, 0.25) is 0 Å². The first-order valence-corrected chi connectivity index (χ1v) is 29.7. The van der Waals surface area contributed by atoms with Crippen molar-refractivity contribution < 1.29 is 56.2 Å². The Labute approximate surface area is 438 Å². The summed E-state index contributed by atoms with van der Waals surface area (Å²) in [6.45, 7) is 3.86. The molecule has 0 amide bonds. The number of carbonyl (C=O) groups excluding carboxylic acids is 1. The quantitative estimate of drug-likeness (QED) is 0.0196. The third kappa shape index (κ3) is 41.6. The summed E-state index contributed by atoms with van der Waals surface area (Å²) in [7, 11) is -5.07. The molecule has 0 aromatic heterocycles. The second kappa shape index (κ2) is 49.2. The molecule has 1 aliphatic rings. The average molecular weight is 1040 g/mol. The minimum absolute atomic E-state index is 0.0243. The molecule has 1 aliphatic heterocycles. The molecule has 12 nitrogen and oxygen atoms in total. The van der Waals surface area contributed by atoms with Crippen LogP contribution in [0.4, 0.5) is 0 Å². The summed E-state index contributed by atoms with van der Waals surface area (Å²) in [6, 6.07) is 0. The van der Waals surface area contributed by atoms with Crippen LogP contribution in [-0.4, -0.2) is 97.5 Å². The van der Waals surface area contributed by atoms with Gasteiger partial charge in [-0.05, 0) is 89.9 Å². The van der Waals surface area contributed by atoms with Crippen LogP contribution in [0.15, 0.2) is 85.1 Å². The van der Waals surface area contributed by atoms with Crippen LogP contribution in [0.5, 0.6) is 0 Å². The van der Waals surface area contributed by atoms with Crippen LogP contribution >= 0.6 is 0 Å². The Morgan fingerprint density at radius 2 is 0.958 bits per heavy atom. The summed E-state index contributed by atoms with van der Waals surface area (Å²) >= 11 is 0. The van der Waals surface area contributed by atoms with E-state index in [1.165, 1.54) is 103 Å². The van der Waals surface area contributed by atoms with Crippen molar-refractivity contribution in [2.45, 2.75) is 256 Å². The largest absolute Gasteiger partial charge is 0.457 e. The van der Waals surface area contributed by atoms with Gasteiger partial charge in [0.1, 0.15) is 30.5 Å². The minimum atomic E-state index is -5.07. The van der Waals surface area contributed by atoms with E-state index in [9.17, 15) is 33.1 Å². The number of hydrogen-bond acceptors (Lipinski definition) is 11. The second-order valence-corrected chi connectivity index (χ2v) is 20.2. The summed E-state index contributed by atoms with van der Waals surface area (Å²) in [5.41, 5.74) is 0. The highest BCUT2D eigenvalue weighted by atomic mass is 32.3. The lowest BCUT2D eigenvalue weighted by atomic mass is 9.99. The van der Waals surface area contributed by atoms with Gasteiger partial charge in [0, 0.05) is 13.0 Å². The molecule has 13 heteroatoms. The lowest BCUT2D eigenvalue weighted by Crippen LogP contribution is -2.60. The Balaban J connectivity index is 2.33. The van der Waals surface area contributed by atoms with Crippen molar-refractivity contribution >= 4 is 16.4 Å². The zero-order chi connectivity index (χ0) is 52.4. The Morgan fingerprint density at radius 3 is 1.40 bits per heavy atom. The van der Waals surface area contributed by atoms with Crippen molar-refractivity contribution in [3.05, 3.63) is 85.1 Å². The number of unbranched alkanes of at least 4 members (excludes halogenated alkanes) is 22. The van der Waals surface area contributed by atoms with Crippen LogP contribution in [0.1, 0.15) is 219 Å². The van der Waals surface area contributed by atoms with Gasteiger partial charge in [-0.3, -0.25) is 9.35 Å². The highest BCUT2D eigenvalue weighted by Gasteiger charge is 2.48. The summed E-state index contributed by atoms with van der Waals surface area (Å²) in [4.78, 5) is 13.0. The van der Waals surface area contributed by atoms with Gasteiger partial charge in [0.15, 0.2) is 6.29 Å². The number of carbonyl (C=O) groups is 1. The van der Waals surface area contributed by atoms with Crippen molar-refractivity contribution in [2.24, 2.45) is 0 Å². The lowest BCUT2D eigenvalue weighted by Gasteiger charge is -2.41. The molecule has 1 saturated heterocycles. The monoisotopic (exact) mass is 1030 g/mol. The van der Waals surface area contributed by atoms with E-state index in [0.717, 1.165) is 89.9 Å². The van der Waals surface area contributed by atoms with Gasteiger partial charge in [-0.1, -0.05) is 208 Å². The standard InChI is InChI=1S/C59H102O12S/c1-3-5-7-9-11-13-15-17-19-21-23-25-27-28-30-32-34-36-38-40-42-44-46-48-55(61)69-53(52-68-59-57(63)58(71-72(64,65)66)56(62)54(50-60)70-59)51-67-49-47-45-43-41-39-37-35-33-31-29-26-24-22-20-18-16-14-12-10-8-6-4-2/h6,8,12,14-15,17-18,20-21,23-24,26-28,53-54,56-60,62-63H,3-5,7,9-11,13,16,19,22,25,29-52H2,1-2H3,(H,64,65,66)/b8-6-,14-12-,17-15-,20-18-,23-21-,26-24-,28-27-. The van der Waals surface area contributed by atoms with Crippen molar-refractivity contribution in [3.8, 4) is 0 Å². The topological polar surface area (TPSA) is 178 Å². The third-order valence-corrected chi connectivity index (χ3v) is 13.0. The summed E-state index contributed by atoms with van der Waals surface area (Å²) in [5, 5.41) is 30.8. The normalized spacial score (nSPS) is 19.6. The predicted molar refractivity (Wildman–Crippen MR) is 294 cm³/mol. The molecule has 1 rings (SSSR count). The van der Waals surface area contributed by atoms with Gasteiger partial charge in [0.25, 0.3) is 0 Å². The lowest BCUT2D eigenvalue weighted by molar-refractivity contribution is -0.301. The molecule has 0 radical (unpaired) electrons. The molecule has 416 valence electrons. The highest BCUT2D eigenvalue weighted by molar-refractivity contribution is 7.80. The number of ether oxygens (including phenoxy) is 4. The van der Waals surface area contributed by atoms with Gasteiger partial charge in [-0.2, -0.15) is 8.42 Å². The molecule has 0 bridgehead atoms. The predicted octanol–water partition coefficient (Wildman–Crippen LogP) is 14.0. The van der Waals surface area contributed by atoms with E-state index in [0.29, 0.717) is 13.0 Å². The molecule has 0 aromatic carbocycles. The Hall–Kier alpha value is -2.72. The summed E-state index contributed by atoms with van der Waals surface area (Å²) in [5.74, 6) is -0.410. The average Bonchev–Trinajstić information content (AvgIpc) is 3.36. The van der Waals surface area contributed by atoms with E-state index in [4.69, 9.17) is 18.9 Å². The van der Waals surface area contributed by atoms with E-state index in [1.807, 2.05) is 0 Å². The fraction of sp³-hybridized carbons (Fsp3) is 0.746. The Morgan fingerprint density at radius 1 is 0.542 bits per heavy atom. The smallest absolute Gasteiger partial charge is 0.397 e. The van der Waals surface area contributed by atoms with Crippen molar-refractivity contribution in [3.63, 3.8) is 0 Å². The molecule has 72 heavy (non-hydrogen) atoms. The minimum Gasteiger partial charge on any atom is -0.457 e. The number of aliphatic hydroxyl groups excluding tert-OH is 3. The first-order valence-electron chi connectivity index (χ1n) is 28.3. The molecule has 6 atom stereocenters. The fourth-order valence-electron chi connectivity index (χ4n) is 8.26. The summed E-state index contributed by atoms with van der Waals surface area (Å²) < 4.78 is 59.4. The van der Waals surface area contributed by atoms with Crippen LogP contribution in [0, 0.1) is 0 Å². The van der Waals surface area contributed by atoms with Crippen molar-refractivity contribution in [1.82, 2.24) is 0 Å². The zero-order valence-corrected chi connectivity index (χ0v) is 45.8. The van der Waals surface area contributed by atoms with Crippen molar-refractivity contribution in [1.29, 1.82) is 0 Å². The second-order valence-electron chi connectivity index (χ2n) is 19.1. The van der Waals surface area contributed by atoms with Crippen LogP contribution in [0.3, 0.4) is 0 Å². The fourth-order valence-corrected chi connectivity index (χ4v) is 8.77. The third-order valence-electron chi connectivity index (χ3n) is 12.5. The first kappa shape index (κ1) is 67.3. The highest BCUT2D eigenvalue weighted by Crippen LogP contribution is 2.26.